The first kappa shape index (κ1) is 18.3. The minimum Gasteiger partial charge on any atom is -0.317 e. The number of amides is 2. The summed E-state index contributed by atoms with van der Waals surface area (Å²) in [5.74, 6) is -1.15. The Morgan fingerprint density at radius 2 is 1.61 bits per heavy atom. The molecule has 1 unspecified atom stereocenters. The Balaban J connectivity index is 1.54. The molecule has 0 saturated carbocycles. The lowest BCUT2D eigenvalue weighted by Gasteiger charge is -2.22. The van der Waals surface area contributed by atoms with E-state index in [0.717, 1.165) is 27.5 Å². The lowest BCUT2D eigenvalue weighted by atomic mass is 10.1. The molecule has 2 amide bonds. The van der Waals surface area contributed by atoms with Crippen LogP contribution in [0.1, 0.15) is 12.5 Å². The Hall–Kier alpha value is -3.05. The monoisotopic (exact) mass is 388 g/mol. The van der Waals surface area contributed by atoms with Crippen LogP contribution >= 0.6 is 11.8 Å². The van der Waals surface area contributed by atoms with Crippen LogP contribution in [-0.2, 0) is 16.0 Å². The van der Waals surface area contributed by atoms with Gasteiger partial charge in [0.15, 0.2) is 0 Å². The van der Waals surface area contributed by atoms with Gasteiger partial charge in [0, 0.05) is 21.5 Å². The van der Waals surface area contributed by atoms with Gasteiger partial charge in [-0.15, -0.1) is 0 Å². The summed E-state index contributed by atoms with van der Waals surface area (Å²) in [6, 6.07) is 25.2. The molecule has 3 aromatic carbocycles. The summed E-state index contributed by atoms with van der Waals surface area (Å²) in [5, 5.41) is 2.81. The van der Waals surface area contributed by atoms with Crippen molar-refractivity contribution in [3.63, 3.8) is 0 Å². The van der Waals surface area contributed by atoms with Crippen molar-refractivity contribution in [2.24, 2.45) is 0 Å². The third-order valence-electron chi connectivity index (χ3n) is 4.73. The standard InChI is InChI=1S/C23H20N2O2S/c1-16-15-17-9-5-7-13-20(17)25(16)23(27)22(26)24-19-12-6-8-14-21(19)28-18-10-3-2-4-11-18/h2-14,16H,15H2,1H3,(H,24,26). The van der Waals surface area contributed by atoms with E-state index in [9.17, 15) is 9.59 Å². The van der Waals surface area contributed by atoms with Crippen LogP contribution in [0.3, 0.4) is 0 Å². The zero-order valence-electron chi connectivity index (χ0n) is 15.5. The molecule has 1 aliphatic rings. The van der Waals surface area contributed by atoms with Gasteiger partial charge in [-0.3, -0.25) is 9.59 Å². The quantitative estimate of drug-likeness (QED) is 0.659. The molecular formula is C23H20N2O2S. The molecule has 140 valence electrons. The van der Waals surface area contributed by atoms with E-state index in [-0.39, 0.29) is 6.04 Å². The largest absolute Gasteiger partial charge is 0.317 e. The Morgan fingerprint density at radius 1 is 0.929 bits per heavy atom. The van der Waals surface area contributed by atoms with Gasteiger partial charge in [0.1, 0.15) is 0 Å². The van der Waals surface area contributed by atoms with Crippen LogP contribution in [0.25, 0.3) is 0 Å². The summed E-state index contributed by atoms with van der Waals surface area (Å²) >= 11 is 1.55. The first-order chi connectivity index (χ1) is 13.6. The number of fused-ring (bicyclic) bond motifs is 1. The highest BCUT2D eigenvalue weighted by Gasteiger charge is 2.34. The number of hydrogen-bond donors (Lipinski definition) is 1. The Kier molecular flexibility index (Phi) is 5.17. The summed E-state index contributed by atoms with van der Waals surface area (Å²) in [4.78, 5) is 29.2. The van der Waals surface area contributed by atoms with Crippen LogP contribution in [0.15, 0.2) is 88.7 Å². The average Bonchev–Trinajstić information content (AvgIpc) is 3.05. The van der Waals surface area contributed by atoms with Gasteiger partial charge in [-0.2, -0.15) is 0 Å². The maximum absolute atomic E-state index is 12.9. The molecule has 5 heteroatoms. The molecule has 0 spiro atoms. The smallest absolute Gasteiger partial charge is 0.316 e. The summed E-state index contributed by atoms with van der Waals surface area (Å²) in [5.41, 5.74) is 2.55. The SMILES string of the molecule is CC1Cc2ccccc2N1C(=O)C(=O)Nc1ccccc1Sc1ccccc1. The van der Waals surface area contributed by atoms with E-state index < -0.39 is 11.8 Å². The predicted octanol–water partition coefficient (Wildman–Crippen LogP) is 4.75. The van der Waals surface area contributed by atoms with Gasteiger partial charge in [-0.1, -0.05) is 60.3 Å². The lowest BCUT2D eigenvalue weighted by Crippen LogP contribution is -2.43. The van der Waals surface area contributed by atoms with E-state index in [4.69, 9.17) is 0 Å². The summed E-state index contributed by atoms with van der Waals surface area (Å²) in [6.07, 6.45) is 0.760. The fourth-order valence-corrected chi connectivity index (χ4v) is 4.36. The minimum absolute atomic E-state index is 0.0374. The highest BCUT2D eigenvalue weighted by molar-refractivity contribution is 7.99. The van der Waals surface area contributed by atoms with Crippen molar-refractivity contribution in [3.05, 3.63) is 84.4 Å². The van der Waals surface area contributed by atoms with Crippen molar-refractivity contribution in [2.75, 3.05) is 10.2 Å². The van der Waals surface area contributed by atoms with Gasteiger partial charge in [0.2, 0.25) is 0 Å². The third kappa shape index (κ3) is 3.66. The molecular weight excluding hydrogens is 368 g/mol. The van der Waals surface area contributed by atoms with Crippen LogP contribution in [0.5, 0.6) is 0 Å². The molecule has 4 nitrogen and oxygen atoms in total. The van der Waals surface area contributed by atoms with Gasteiger partial charge in [0.05, 0.1) is 5.69 Å². The molecule has 1 atom stereocenters. The molecule has 0 aromatic heterocycles. The van der Waals surface area contributed by atoms with Crippen LogP contribution in [0.4, 0.5) is 11.4 Å². The molecule has 4 rings (SSSR count). The van der Waals surface area contributed by atoms with E-state index in [1.807, 2.05) is 85.8 Å². The van der Waals surface area contributed by atoms with Crippen LogP contribution < -0.4 is 10.2 Å². The molecule has 28 heavy (non-hydrogen) atoms. The number of nitrogens with zero attached hydrogens (tertiary/aromatic N) is 1. The third-order valence-corrected chi connectivity index (χ3v) is 5.81. The highest BCUT2D eigenvalue weighted by Crippen LogP contribution is 2.34. The molecule has 0 saturated heterocycles. The van der Waals surface area contributed by atoms with Crippen molar-refractivity contribution in [3.8, 4) is 0 Å². The van der Waals surface area contributed by atoms with Gasteiger partial charge in [-0.25, -0.2) is 0 Å². The van der Waals surface area contributed by atoms with Gasteiger partial charge < -0.3 is 10.2 Å². The van der Waals surface area contributed by atoms with Gasteiger partial charge in [-0.05, 0) is 49.2 Å². The van der Waals surface area contributed by atoms with E-state index in [1.54, 1.807) is 16.7 Å². The first-order valence-electron chi connectivity index (χ1n) is 9.18. The number of anilines is 2. The number of para-hydroxylation sites is 2. The molecule has 3 aromatic rings. The molecule has 0 bridgehead atoms. The maximum atomic E-state index is 12.9. The number of hydrogen-bond acceptors (Lipinski definition) is 3. The van der Waals surface area contributed by atoms with Crippen LogP contribution in [-0.4, -0.2) is 17.9 Å². The Labute approximate surface area is 168 Å². The topological polar surface area (TPSA) is 49.4 Å². The predicted molar refractivity (Wildman–Crippen MR) is 113 cm³/mol. The fraction of sp³-hybridized carbons (Fsp3) is 0.130. The van der Waals surface area contributed by atoms with E-state index >= 15 is 0 Å². The van der Waals surface area contributed by atoms with Crippen molar-refractivity contribution in [1.82, 2.24) is 0 Å². The minimum atomic E-state index is -0.621. The van der Waals surface area contributed by atoms with Gasteiger partial charge >= 0.3 is 11.8 Å². The molecule has 1 N–H and O–H groups in total. The fourth-order valence-electron chi connectivity index (χ4n) is 3.43. The number of rotatable bonds is 3. The molecule has 0 radical (unpaired) electrons. The van der Waals surface area contributed by atoms with E-state index in [2.05, 4.69) is 5.32 Å². The Morgan fingerprint density at radius 3 is 2.43 bits per heavy atom. The second kappa shape index (κ2) is 7.90. The normalized spacial score (nSPS) is 15.2. The summed E-state index contributed by atoms with van der Waals surface area (Å²) in [7, 11) is 0. The van der Waals surface area contributed by atoms with Crippen molar-refractivity contribution in [1.29, 1.82) is 0 Å². The molecule has 1 aliphatic heterocycles. The highest BCUT2D eigenvalue weighted by atomic mass is 32.2. The average molecular weight is 388 g/mol. The molecule has 1 heterocycles. The van der Waals surface area contributed by atoms with E-state index in [1.165, 1.54) is 0 Å². The van der Waals surface area contributed by atoms with Crippen LogP contribution in [0, 0.1) is 0 Å². The van der Waals surface area contributed by atoms with Crippen molar-refractivity contribution < 1.29 is 9.59 Å². The maximum Gasteiger partial charge on any atom is 0.316 e. The van der Waals surface area contributed by atoms with Crippen molar-refractivity contribution >= 4 is 35.0 Å². The molecule has 0 fully saturated rings. The zero-order valence-corrected chi connectivity index (χ0v) is 16.3. The van der Waals surface area contributed by atoms with Crippen LogP contribution in [0.2, 0.25) is 0 Å². The number of benzene rings is 3. The van der Waals surface area contributed by atoms with Crippen molar-refractivity contribution in [2.45, 2.75) is 29.2 Å². The summed E-state index contributed by atoms with van der Waals surface area (Å²) < 4.78 is 0. The second-order valence-electron chi connectivity index (χ2n) is 6.72. The summed E-state index contributed by atoms with van der Waals surface area (Å²) in [6.45, 7) is 1.96. The zero-order chi connectivity index (χ0) is 19.5. The second-order valence-corrected chi connectivity index (χ2v) is 7.84. The number of nitrogens with one attached hydrogen (secondary N) is 1. The molecule has 0 aliphatic carbocycles. The first-order valence-corrected chi connectivity index (χ1v) is 9.99. The Bertz CT molecular complexity index is 1020. The van der Waals surface area contributed by atoms with Gasteiger partial charge in [0.25, 0.3) is 0 Å². The number of carbonyl (C=O) groups excluding carboxylic acids is 2. The number of carbonyl (C=O) groups is 2. The van der Waals surface area contributed by atoms with E-state index in [0.29, 0.717) is 5.69 Å². The lowest BCUT2D eigenvalue weighted by molar-refractivity contribution is -0.134.